The molecule has 7 heteroatoms. The number of phenolic OH excluding ortho intramolecular Hbond substituents is 1. The molecule has 0 fully saturated rings. The molecule has 0 spiro atoms. The maximum atomic E-state index is 12.4. The Morgan fingerprint density at radius 3 is 2.77 bits per heavy atom. The molecule has 1 N–H and O–H groups in total. The van der Waals surface area contributed by atoms with E-state index in [1.807, 2.05) is 12.1 Å². The van der Waals surface area contributed by atoms with Crippen molar-refractivity contribution >= 4 is 16.9 Å². The van der Waals surface area contributed by atoms with Crippen LogP contribution in [0, 0.1) is 0 Å². The Kier molecular flexibility index (Phi) is 3.00. The first-order valence-electron chi connectivity index (χ1n) is 7.96. The minimum absolute atomic E-state index is 0.0191. The minimum atomic E-state index is -0.422. The number of pyridine rings is 1. The second kappa shape index (κ2) is 5.26. The van der Waals surface area contributed by atoms with Gasteiger partial charge in [-0.25, -0.2) is 9.78 Å². The summed E-state index contributed by atoms with van der Waals surface area (Å²) in [4.78, 5) is 16.8. The quantitative estimate of drug-likeness (QED) is 0.710. The molecule has 0 amide bonds. The van der Waals surface area contributed by atoms with Crippen LogP contribution < -0.4 is 14.2 Å². The molecule has 3 aromatic rings. The van der Waals surface area contributed by atoms with Gasteiger partial charge >= 0.3 is 5.97 Å². The van der Waals surface area contributed by atoms with Crippen molar-refractivity contribution in [3.8, 4) is 34.1 Å². The van der Waals surface area contributed by atoms with Gasteiger partial charge in [-0.15, -0.1) is 0 Å². The highest BCUT2D eigenvalue weighted by molar-refractivity contribution is 6.09. The number of cyclic esters (lactones) is 1. The van der Waals surface area contributed by atoms with E-state index in [1.165, 1.54) is 13.2 Å². The van der Waals surface area contributed by atoms with Gasteiger partial charge in [-0.1, -0.05) is 6.07 Å². The molecule has 2 aromatic carbocycles. The van der Waals surface area contributed by atoms with E-state index >= 15 is 0 Å². The van der Waals surface area contributed by atoms with Gasteiger partial charge in [0.15, 0.2) is 23.0 Å². The van der Waals surface area contributed by atoms with E-state index in [9.17, 15) is 9.90 Å². The Hall–Kier alpha value is -3.48. The predicted octanol–water partition coefficient (Wildman–Crippen LogP) is 3.02. The van der Waals surface area contributed by atoms with Crippen LogP contribution in [0.4, 0.5) is 0 Å². The van der Waals surface area contributed by atoms with Crippen LogP contribution in [0.5, 0.6) is 23.0 Å². The zero-order chi connectivity index (χ0) is 17.8. The van der Waals surface area contributed by atoms with Crippen molar-refractivity contribution in [2.24, 2.45) is 0 Å². The molecule has 2 aliphatic rings. The van der Waals surface area contributed by atoms with Crippen LogP contribution in [0.3, 0.4) is 0 Å². The standard InChI is InChI=1S/C19H13NO6/c1-23-15-5-10-11(6-13(15)21)20-12-7-24-19(22)18(12)17(10)9-2-3-14-16(4-9)26-8-25-14/h2-6,21H,7-8H2,1H3. The number of phenols is 1. The summed E-state index contributed by atoms with van der Waals surface area (Å²) in [7, 11) is 1.47. The second-order valence-corrected chi connectivity index (χ2v) is 5.99. The second-order valence-electron chi connectivity index (χ2n) is 5.99. The highest BCUT2D eigenvalue weighted by Gasteiger charge is 2.30. The average molecular weight is 351 g/mol. The van der Waals surface area contributed by atoms with E-state index in [4.69, 9.17) is 18.9 Å². The molecule has 0 bridgehead atoms. The summed E-state index contributed by atoms with van der Waals surface area (Å²) in [6, 6.07) is 8.67. The van der Waals surface area contributed by atoms with Crippen molar-refractivity contribution in [3.05, 3.63) is 41.6 Å². The van der Waals surface area contributed by atoms with Crippen LogP contribution in [0.15, 0.2) is 30.3 Å². The van der Waals surface area contributed by atoms with E-state index in [-0.39, 0.29) is 19.1 Å². The zero-order valence-electron chi connectivity index (χ0n) is 13.7. The number of aromatic hydroxyl groups is 1. The molecule has 130 valence electrons. The highest BCUT2D eigenvalue weighted by atomic mass is 16.7. The Labute approximate surface area is 147 Å². The Balaban J connectivity index is 1.87. The number of methoxy groups -OCH3 is 1. The lowest BCUT2D eigenvalue weighted by atomic mass is 9.94. The number of benzene rings is 2. The SMILES string of the molecule is COc1cc2c(-c3ccc4c(c3)OCO4)c3c(nc2cc1O)COC3=O. The van der Waals surface area contributed by atoms with Crippen LogP contribution in [-0.4, -0.2) is 30.0 Å². The number of rotatable bonds is 2. The molecule has 1 aromatic heterocycles. The predicted molar refractivity (Wildman–Crippen MR) is 90.6 cm³/mol. The number of hydrogen-bond acceptors (Lipinski definition) is 7. The normalized spacial score (nSPS) is 14.4. The van der Waals surface area contributed by atoms with Gasteiger partial charge in [0.2, 0.25) is 6.79 Å². The average Bonchev–Trinajstić information content (AvgIpc) is 3.25. The molecule has 3 heterocycles. The van der Waals surface area contributed by atoms with Crippen LogP contribution in [-0.2, 0) is 11.3 Å². The molecule has 26 heavy (non-hydrogen) atoms. The molecule has 0 saturated carbocycles. The molecular formula is C19H13NO6. The summed E-state index contributed by atoms with van der Waals surface area (Å²) in [5, 5.41) is 10.8. The number of aromatic nitrogens is 1. The van der Waals surface area contributed by atoms with E-state index in [0.29, 0.717) is 45.0 Å². The summed E-state index contributed by atoms with van der Waals surface area (Å²) in [6.07, 6.45) is 0. The van der Waals surface area contributed by atoms with Gasteiger partial charge < -0.3 is 24.1 Å². The first-order chi connectivity index (χ1) is 12.7. The van der Waals surface area contributed by atoms with Gasteiger partial charge in [-0.2, -0.15) is 0 Å². The summed E-state index contributed by atoms with van der Waals surface area (Å²) >= 11 is 0. The Bertz CT molecular complexity index is 1090. The zero-order valence-corrected chi connectivity index (χ0v) is 13.7. The first kappa shape index (κ1) is 14.8. The largest absolute Gasteiger partial charge is 0.504 e. The smallest absolute Gasteiger partial charge is 0.341 e. The fraction of sp³-hybridized carbons (Fsp3) is 0.158. The molecule has 7 nitrogen and oxygen atoms in total. The van der Waals surface area contributed by atoms with Gasteiger partial charge in [0.25, 0.3) is 0 Å². The summed E-state index contributed by atoms with van der Waals surface area (Å²) < 4.78 is 21.2. The van der Waals surface area contributed by atoms with Crippen LogP contribution >= 0.6 is 0 Å². The number of esters is 1. The van der Waals surface area contributed by atoms with Gasteiger partial charge in [-0.3, -0.25) is 0 Å². The van der Waals surface area contributed by atoms with Crippen molar-refractivity contribution in [2.45, 2.75) is 6.61 Å². The van der Waals surface area contributed by atoms with E-state index < -0.39 is 5.97 Å². The van der Waals surface area contributed by atoms with Gasteiger partial charge in [-0.05, 0) is 23.8 Å². The van der Waals surface area contributed by atoms with E-state index in [0.717, 1.165) is 5.56 Å². The third-order valence-corrected chi connectivity index (χ3v) is 4.57. The topological polar surface area (TPSA) is 87.1 Å². The Morgan fingerprint density at radius 1 is 1.08 bits per heavy atom. The van der Waals surface area contributed by atoms with Crippen LogP contribution in [0.2, 0.25) is 0 Å². The molecule has 0 saturated heterocycles. The number of carbonyl (C=O) groups is 1. The molecule has 0 radical (unpaired) electrons. The van der Waals surface area contributed by atoms with Gasteiger partial charge in [0, 0.05) is 17.0 Å². The number of fused-ring (bicyclic) bond motifs is 3. The van der Waals surface area contributed by atoms with Crippen LogP contribution in [0.25, 0.3) is 22.0 Å². The highest BCUT2D eigenvalue weighted by Crippen LogP contribution is 2.43. The maximum absolute atomic E-state index is 12.4. The third-order valence-electron chi connectivity index (χ3n) is 4.57. The maximum Gasteiger partial charge on any atom is 0.341 e. The summed E-state index contributed by atoms with van der Waals surface area (Å²) in [5.41, 5.74) is 2.95. The lowest BCUT2D eigenvalue weighted by Gasteiger charge is -2.13. The van der Waals surface area contributed by atoms with Crippen molar-refractivity contribution in [1.82, 2.24) is 4.98 Å². The molecule has 0 unspecified atom stereocenters. The molecule has 5 rings (SSSR count). The van der Waals surface area contributed by atoms with Gasteiger partial charge in [0.1, 0.15) is 6.61 Å². The summed E-state index contributed by atoms with van der Waals surface area (Å²) in [6.45, 7) is 0.270. The number of ether oxygens (including phenoxy) is 4. The van der Waals surface area contributed by atoms with Crippen LogP contribution in [0.1, 0.15) is 16.1 Å². The molecule has 0 aliphatic carbocycles. The lowest BCUT2D eigenvalue weighted by Crippen LogP contribution is -2.01. The van der Waals surface area contributed by atoms with Crippen molar-refractivity contribution in [3.63, 3.8) is 0 Å². The monoisotopic (exact) mass is 351 g/mol. The van der Waals surface area contributed by atoms with Gasteiger partial charge in [0.05, 0.1) is 23.9 Å². The van der Waals surface area contributed by atoms with Crippen molar-refractivity contribution in [1.29, 1.82) is 0 Å². The fourth-order valence-corrected chi connectivity index (χ4v) is 3.38. The number of nitrogens with zero attached hydrogens (tertiary/aromatic N) is 1. The number of carbonyl (C=O) groups excluding carboxylic acids is 1. The van der Waals surface area contributed by atoms with E-state index in [2.05, 4.69) is 4.98 Å². The molecule has 0 atom stereocenters. The lowest BCUT2D eigenvalue weighted by molar-refractivity contribution is 0.0534. The minimum Gasteiger partial charge on any atom is -0.504 e. The molecule has 2 aliphatic heterocycles. The third kappa shape index (κ3) is 2.00. The number of hydrogen-bond donors (Lipinski definition) is 1. The first-order valence-corrected chi connectivity index (χ1v) is 7.96. The van der Waals surface area contributed by atoms with E-state index in [1.54, 1.807) is 12.1 Å². The summed E-state index contributed by atoms with van der Waals surface area (Å²) in [5.74, 6) is 1.12. The molecular weight excluding hydrogens is 338 g/mol. The fourth-order valence-electron chi connectivity index (χ4n) is 3.38. The van der Waals surface area contributed by atoms with Crippen molar-refractivity contribution < 1.29 is 28.8 Å². The van der Waals surface area contributed by atoms with Crippen molar-refractivity contribution in [2.75, 3.05) is 13.9 Å². The Morgan fingerprint density at radius 2 is 1.92 bits per heavy atom.